The summed E-state index contributed by atoms with van der Waals surface area (Å²) in [5.74, 6) is -1.30. The van der Waals surface area contributed by atoms with Crippen LogP contribution >= 0.6 is 0 Å². The Hall–Kier alpha value is -3.68. The second-order valence-corrected chi connectivity index (χ2v) is 19.6. The Morgan fingerprint density at radius 1 is 0.541 bits per heavy atom. The molecular weight excluding hydrogens is 931 g/mol. The van der Waals surface area contributed by atoms with E-state index in [0.29, 0.717) is 12.8 Å². The summed E-state index contributed by atoms with van der Waals surface area (Å²) in [6.45, 7) is 5.50. The molecule has 1 saturated heterocycles. The van der Waals surface area contributed by atoms with Crippen molar-refractivity contribution in [1.82, 2.24) is 5.32 Å². The molecule has 0 aromatic carbocycles. The molecule has 0 aliphatic carbocycles. The zero-order valence-corrected chi connectivity index (χ0v) is 46.4. The Bertz CT molecular complexity index is 1610. The van der Waals surface area contributed by atoms with E-state index in [1.54, 1.807) is 12.2 Å². The Morgan fingerprint density at radius 3 is 1.46 bits per heavy atom. The van der Waals surface area contributed by atoms with Crippen LogP contribution in [0.1, 0.15) is 213 Å². The number of esters is 1. The molecule has 74 heavy (non-hydrogen) atoms. The number of carbonyl (C=O) groups excluding carboxylic acids is 2. The van der Waals surface area contributed by atoms with Crippen LogP contribution in [-0.2, 0) is 23.8 Å². The number of ether oxygens (including phenoxy) is 3. The van der Waals surface area contributed by atoms with Crippen molar-refractivity contribution in [2.75, 3.05) is 13.2 Å². The number of rotatable bonds is 47. The van der Waals surface area contributed by atoms with Crippen molar-refractivity contribution in [2.45, 2.75) is 262 Å². The van der Waals surface area contributed by atoms with Crippen LogP contribution in [0.5, 0.6) is 0 Å². The quantitative estimate of drug-likeness (QED) is 0.0196. The number of hydrogen-bond acceptors (Lipinski definition) is 10. The highest BCUT2D eigenvalue weighted by molar-refractivity contribution is 5.81. The summed E-state index contributed by atoms with van der Waals surface area (Å²) in [5.41, 5.74) is 0. The van der Waals surface area contributed by atoms with Gasteiger partial charge in [-0.05, 0) is 83.5 Å². The number of allylic oxidation sites excluding steroid dienone is 16. The molecule has 6 N–H and O–H groups in total. The van der Waals surface area contributed by atoms with E-state index in [1.165, 1.54) is 51.4 Å². The van der Waals surface area contributed by atoms with Gasteiger partial charge in [0.2, 0.25) is 5.91 Å². The van der Waals surface area contributed by atoms with Crippen molar-refractivity contribution in [1.29, 1.82) is 0 Å². The van der Waals surface area contributed by atoms with Crippen LogP contribution in [0.2, 0.25) is 0 Å². The molecule has 8 atom stereocenters. The zero-order valence-electron chi connectivity index (χ0n) is 46.4. The van der Waals surface area contributed by atoms with Crippen molar-refractivity contribution in [3.05, 3.63) is 109 Å². The van der Waals surface area contributed by atoms with Crippen LogP contribution in [0.4, 0.5) is 0 Å². The topological polar surface area (TPSA) is 175 Å². The maximum atomic E-state index is 13.4. The lowest BCUT2D eigenvalue weighted by Gasteiger charge is -2.41. The van der Waals surface area contributed by atoms with Gasteiger partial charge in [-0.3, -0.25) is 9.59 Å². The predicted octanol–water partition coefficient (Wildman–Crippen LogP) is 13.3. The van der Waals surface area contributed by atoms with Gasteiger partial charge >= 0.3 is 5.97 Å². The van der Waals surface area contributed by atoms with Gasteiger partial charge in [0.1, 0.15) is 24.4 Å². The van der Waals surface area contributed by atoms with Crippen molar-refractivity contribution in [3.8, 4) is 0 Å². The van der Waals surface area contributed by atoms with Crippen molar-refractivity contribution < 1.29 is 49.3 Å². The average Bonchev–Trinajstić information content (AvgIpc) is 3.40. The third-order valence-corrected chi connectivity index (χ3v) is 12.9. The molecule has 0 aromatic rings. The summed E-state index contributed by atoms with van der Waals surface area (Å²) < 4.78 is 17.5. The standard InChI is InChI=1S/C63H105NO10/c1-4-7-10-13-16-19-22-25-27-28-29-30-32-35-38-41-44-47-50-56(67)62(71)64-54(55(66)49-46-43-40-37-34-31-24-21-18-15-12-9-6-3)53-72-63-61(60(70)59(69)57(52-65)73-63)74-58(68)51-48-45-42-39-36-33-26-23-20-17-14-11-8-5-2/h7-8,10-11,16-17,19-20,25,27,29-30,35,38,44,46-47,49,54-57,59-61,63,65-67,69-70H,4-6,9,12-15,18,21-24,26,28,31-34,36-37,39-43,45,48,50-53H2,1-3H3,(H,64,71)/b10-7-,11-8+,19-16-,20-17+,27-25-,30-29-,38-35-,47-44-,49-46+. The molecule has 1 amide bonds. The summed E-state index contributed by atoms with van der Waals surface area (Å²) in [5, 5.41) is 56.7. The molecule has 1 aliphatic heterocycles. The van der Waals surface area contributed by atoms with Crippen LogP contribution in [0.3, 0.4) is 0 Å². The third kappa shape index (κ3) is 38.0. The molecule has 11 nitrogen and oxygen atoms in total. The summed E-state index contributed by atoms with van der Waals surface area (Å²) in [4.78, 5) is 26.4. The number of unbranched alkanes of at least 4 members (excludes halogenated alkanes) is 18. The second-order valence-electron chi connectivity index (χ2n) is 19.6. The van der Waals surface area contributed by atoms with Gasteiger partial charge in [-0.25, -0.2) is 0 Å². The number of aliphatic hydroxyl groups is 5. The first-order chi connectivity index (χ1) is 36.2. The summed E-state index contributed by atoms with van der Waals surface area (Å²) in [6.07, 6.45) is 57.2. The largest absolute Gasteiger partial charge is 0.454 e. The highest BCUT2D eigenvalue weighted by Gasteiger charge is 2.47. The Morgan fingerprint density at radius 2 is 0.973 bits per heavy atom. The molecule has 1 heterocycles. The molecule has 0 aromatic heterocycles. The number of nitrogens with one attached hydrogen (secondary N) is 1. The van der Waals surface area contributed by atoms with E-state index in [-0.39, 0.29) is 19.4 Å². The molecule has 422 valence electrons. The minimum absolute atomic E-state index is 0.0520. The minimum Gasteiger partial charge on any atom is -0.454 e. The lowest BCUT2D eigenvalue weighted by Crippen LogP contribution is -2.61. The van der Waals surface area contributed by atoms with Gasteiger partial charge in [0, 0.05) is 12.8 Å². The Labute approximate surface area is 449 Å². The summed E-state index contributed by atoms with van der Waals surface area (Å²) in [7, 11) is 0. The monoisotopic (exact) mass is 1040 g/mol. The molecule has 1 aliphatic rings. The van der Waals surface area contributed by atoms with Crippen molar-refractivity contribution in [3.63, 3.8) is 0 Å². The number of hydrogen-bond donors (Lipinski definition) is 6. The average molecular weight is 1040 g/mol. The normalized spacial score (nSPS) is 20.1. The number of carbonyl (C=O) groups is 2. The van der Waals surface area contributed by atoms with Crippen LogP contribution in [0.25, 0.3) is 0 Å². The molecular formula is C63H105NO10. The van der Waals surface area contributed by atoms with Crippen LogP contribution in [-0.4, -0.2) is 99.6 Å². The van der Waals surface area contributed by atoms with Gasteiger partial charge in [-0.1, -0.05) is 226 Å². The van der Waals surface area contributed by atoms with E-state index < -0.39 is 67.4 Å². The lowest BCUT2D eigenvalue weighted by atomic mass is 9.99. The molecule has 1 fully saturated rings. The predicted molar refractivity (Wildman–Crippen MR) is 305 cm³/mol. The van der Waals surface area contributed by atoms with Gasteiger partial charge < -0.3 is 45.1 Å². The van der Waals surface area contributed by atoms with E-state index in [0.717, 1.165) is 116 Å². The fraction of sp³-hybridized carbons (Fsp3) is 0.683. The fourth-order valence-electron chi connectivity index (χ4n) is 8.35. The highest BCUT2D eigenvalue weighted by atomic mass is 16.7. The SMILES string of the molecule is CC/C=C\C/C=C\C/C=C\C/C=C\C/C=C\C/C=C\CC(O)C(=O)NC(COC1OC(CO)C(O)C(O)C1OC(=O)CCCCCCCCC/C=C/C/C=C/CC)C(O)/C=C/CCCCCCCCCCCCC. The van der Waals surface area contributed by atoms with Gasteiger partial charge in [-0.2, -0.15) is 0 Å². The van der Waals surface area contributed by atoms with Crippen LogP contribution < -0.4 is 5.32 Å². The van der Waals surface area contributed by atoms with Gasteiger partial charge in [0.15, 0.2) is 12.4 Å². The van der Waals surface area contributed by atoms with Crippen molar-refractivity contribution in [2.24, 2.45) is 0 Å². The van der Waals surface area contributed by atoms with E-state index in [1.807, 2.05) is 18.2 Å². The summed E-state index contributed by atoms with van der Waals surface area (Å²) in [6, 6.07) is -1.07. The Balaban J connectivity index is 2.80. The maximum absolute atomic E-state index is 13.4. The van der Waals surface area contributed by atoms with Gasteiger partial charge in [-0.15, -0.1) is 0 Å². The molecule has 8 unspecified atom stereocenters. The molecule has 0 radical (unpaired) electrons. The van der Waals surface area contributed by atoms with Gasteiger partial charge in [0.25, 0.3) is 0 Å². The molecule has 1 rings (SSSR count). The third-order valence-electron chi connectivity index (χ3n) is 12.9. The summed E-state index contributed by atoms with van der Waals surface area (Å²) >= 11 is 0. The van der Waals surface area contributed by atoms with E-state index in [2.05, 4.69) is 105 Å². The first-order valence-corrected chi connectivity index (χ1v) is 29.2. The second kappa shape index (κ2) is 50.2. The van der Waals surface area contributed by atoms with E-state index in [9.17, 15) is 35.1 Å². The highest BCUT2D eigenvalue weighted by Crippen LogP contribution is 2.26. The maximum Gasteiger partial charge on any atom is 0.306 e. The number of aliphatic hydroxyl groups excluding tert-OH is 5. The molecule has 0 bridgehead atoms. The van der Waals surface area contributed by atoms with E-state index >= 15 is 0 Å². The number of amides is 1. The Kier molecular flexibility index (Phi) is 46.3. The minimum atomic E-state index is -1.63. The first-order valence-electron chi connectivity index (χ1n) is 29.2. The first kappa shape index (κ1) is 68.3. The molecule has 0 saturated carbocycles. The lowest BCUT2D eigenvalue weighted by molar-refractivity contribution is -0.305. The van der Waals surface area contributed by atoms with Crippen LogP contribution in [0.15, 0.2) is 109 Å². The van der Waals surface area contributed by atoms with Crippen LogP contribution in [0, 0.1) is 0 Å². The van der Waals surface area contributed by atoms with Gasteiger partial charge in [0.05, 0.1) is 25.4 Å². The molecule has 11 heteroatoms. The molecule has 0 spiro atoms. The zero-order chi connectivity index (χ0) is 54.0. The van der Waals surface area contributed by atoms with Crippen molar-refractivity contribution >= 4 is 11.9 Å². The van der Waals surface area contributed by atoms with E-state index in [4.69, 9.17) is 14.2 Å². The smallest absolute Gasteiger partial charge is 0.306 e. The fourth-order valence-corrected chi connectivity index (χ4v) is 8.35.